The molecule has 1 atom stereocenters. The molecule has 2 N–H and O–H groups in total. The Balaban J connectivity index is 1.45. The first kappa shape index (κ1) is 19.7. The van der Waals surface area contributed by atoms with E-state index in [9.17, 15) is 24.3 Å². The molecule has 2 aliphatic heterocycles. The quantitative estimate of drug-likeness (QED) is 0.557. The Morgan fingerprint density at radius 2 is 1.88 bits per heavy atom. The van der Waals surface area contributed by atoms with Crippen LogP contribution in [0.15, 0.2) is 42.7 Å². The van der Waals surface area contributed by atoms with Gasteiger partial charge in [0.2, 0.25) is 11.8 Å². The number of nitrogens with one attached hydrogen (secondary N) is 1. The number of fused-ring (bicyclic) bond motifs is 1. The van der Waals surface area contributed by atoms with Gasteiger partial charge in [0.15, 0.2) is 0 Å². The fourth-order valence-electron chi connectivity index (χ4n) is 3.85. The number of aromatic nitrogens is 4. The molecule has 32 heavy (non-hydrogen) atoms. The van der Waals surface area contributed by atoms with E-state index >= 15 is 0 Å². The summed E-state index contributed by atoms with van der Waals surface area (Å²) in [5, 5.41) is 19.6. The number of hydrogen-bond donors (Lipinski definition) is 2. The van der Waals surface area contributed by atoms with Crippen molar-refractivity contribution in [1.82, 2.24) is 30.2 Å². The summed E-state index contributed by atoms with van der Waals surface area (Å²) >= 11 is 0. The van der Waals surface area contributed by atoms with Gasteiger partial charge in [0.1, 0.15) is 11.7 Å². The summed E-state index contributed by atoms with van der Waals surface area (Å²) in [5.74, 6) is -2.23. The van der Waals surface area contributed by atoms with Crippen LogP contribution in [0.2, 0.25) is 0 Å². The molecule has 2 aromatic heterocycles. The molecule has 0 aliphatic carbocycles. The van der Waals surface area contributed by atoms with Crippen molar-refractivity contribution >= 4 is 23.6 Å². The highest BCUT2D eigenvalue weighted by Crippen LogP contribution is 2.30. The summed E-state index contributed by atoms with van der Waals surface area (Å²) in [4.78, 5) is 54.3. The molecule has 3 aromatic rings. The molecule has 4 amide bonds. The van der Waals surface area contributed by atoms with Gasteiger partial charge in [0, 0.05) is 18.2 Å². The Labute approximate surface area is 180 Å². The van der Waals surface area contributed by atoms with E-state index in [0.717, 1.165) is 4.90 Å². The third-order valence-electron chi connectivity index (χ3n) is 5.46. The molecule has 1 aromatic carbocycles. The largest absolute Gasteiger partial charge is 0.390 e. The van der Waals surface area contributed by atoms with Gasteiger partial charge in [-0.3, -0.25) is 34.4 Å². The highest BCUT2D eigenvalue weighted by molar-refractivity contribution is 6.23. The minimum absolute atomic E-state index is 0.0607. The molecule has 11 nitrogen and oxygen atoms in total. The van der Waals surface area contributed by atoms with Crippen LogP contribution in [0.25, 0.3) is 16.9 Å². The van der Waals surface area contributed by atoms with Crippen LogP contribution < -0.4 is 5.32 Å². The average Bonchev–Trinajstić information content (AvgIpc) is 3.38. The zero-order valence-corrected chi connectivity index (χ0v) is 16.6. The average molecular weight is 432 g/mol. The van der Waals surface area contributed by atoms with E-state index in [0.29, 0.717) is 22.6 Å². The summed E-state index contributed by atoms with van der Waals surface area (Å²) < 4.78 is 1.51. The summed E-state index contributed by atoms with van der Waals surface area (Å²) in [6, 6.07) is 7.07. The maximum Gasteiger partial charge on any atom is 0.262 e. The van der Waals surface area contributed by atoms with Gasteiger partial charge >= 0.3 is 0 Å². The van der Waals surface area contributed by atoms with Crippen molar-refractivity contribution in [3.63, 3.8) is 0 Å². The number of imide groups is 2. The summed E-state index contributed by atoms with van der Waals surface area (Å²) in [6.45, 7) is -0.208. The fraction of sp³-hybridized carbons (Fsp3) is 0.190. The van der Waals surface area contributed by atoms with Crippen LogP contribution in [0.1, 0.15) is 39.3 Å². The lowest BCUT2D eigenvalue weighted by molar-refractivity contribution is -0.136. The second-order valence-electron chi connectivity index (χ2n) is 7.42. The molecule has 5 rings (SSSR count). The third kappa shape index (κ3) is 3.15. The molecule has 0 spiro atoms. The van der Waals surface area contributed by atoms with Gasteiger partial charge in [0.25, 0.3) is 11.8 Å². The maximum absolute atomic E-state index is 13.0. The highest BCUT2D eigenvalue weighted by Gasteiger charge is 2.44. The number of carbonyl (C=O) groups is 4. The second kappa shape index (κ2) is 7.46. The van der Waals surface area contributed by atoms with Crippen LogP contribution in [-0.2, 0) is 16.2 Å². The van der Waals surface area contributed by atoms with E-state index in [-0.39, 0.29) is 30.6 Å². The number of rotatable bonds is 4. The third-order valence-corrected chi connectivity index (χ3v) is 5.46. The first-order valence-corrected chi connectivity index (χ1v) is 9.81. The molecule has 11 heteroatoms. The molecule has 160 valence electrons. The number of aliphatic hydroxyl groups excluding tert-OH is 1. The number of benzene rings is 1. The summed E-state index contributed by atoms with van der Waals surface area (Å²) in [5.41, 5.74) is 2.53. The molecular weight excluding hydrogens is 416 g/mol. The van der Waals surface area contributed by atoms with Crippen LogP contribution in [0.5, 0.6) is 0 Å². The SMILES string of the molecule is O=C1CCC(N2C(=O)c3ccc(-c4cn(-c5ccnc(CO)c5)nn4)cc3C2=O)C(=O)N1. The number of piperidine rings is 1. The van der Waals surface area contributed by atoms with Crippen molar-refractivity contribution in [2.24, 2.45) is 0 Å². The van der Waals surface area contributed by atoms with Gasteiger partial charge in [-0.05, 0) is 30.7 Å². The van der Waals surface area contributed by atoms with E-state index in [1.54, 1.807) is 36.7 Å². The van der Waals surface area contributed by atoms with Gasteiger partial charge in [-0.25, -0.2) is 4.68 Å². The highest BCUT2D eigenvalue weighted by atomic mass is 16.3. The van der Waals surface area contributed by atoms with Crippen molar-refractivity contribution < 1.29 is 24.3 Å². The Morgan fingerprint density at radius 3 is 2.66 bits per heavy atom. The second-order valence-corrected chi connectivity index (χ2v) is 7.42. The number of hydrogen-bond acceptors (Lipinski definition) is 8. The topological polar surface area (TPSA) is 147 Å². The summed E-state index contributed by atoms with van der Waals surface area (Å²) in [7, 11) is 0. The smallest absolute Gasteiger partial charge is 0.262 e. The van der Waals surface area contributed by atoms with E-state index < -0.39 is 29.7 Å². The summed E-state index contributed by atoms with van der Waals surface area (Å²) in [6.07, 6.45) is 3.35. The van der Waals surface area contributed by atoms with E-state index in [4.69, 9.17) is 0 Å². The van der Waals surface area contributed by atoms with Crippen LogP contribution in [0.4, 0.5) is 0 Å². The first-order valence-electron chi connectivity index (χ1n) is 9.81. The number of carbonyl (C=O) groups excluding carboxylic acids is 4. The van der Waals surface area contributed by atoms with Crippen molar-refractivity contribution in [3.05, 3.63) is 59.5 Å². The first-order chi connectivity index (χ1) is 15.5. The van der Waals surface area contributed by atoms with Crippen LogP contribution in [0, 0.1) is 0 Å². The van der Waals surface area contributed by atoms with Crippen molar-refractivity contribution in [3.8, 4) is 16.9 Å². The predicted octanol–water partition coefficient (Wildman–Crippen LogP) is 0.223. The molecule has 4 heterocycles. The molecule has 1 unspecified atom stereocenters. The minimum atomic E-state index is -1.02. The molecule has 1 fully saturated rings. The molecular formula is C21H16N6O5. The standard InChI is InChI=1S/C21H16N6O5/c28-10-12-8-13(5-6-22-12)26-9-16(24-25-26)11-1-2-14-15(7-11)21(32)27(20(14)31)17-3-4-18(29)23-19(17)30/h1-2,5-9,17,28H,3-4,10H2,(H,23,29,30). The Kier molecular flexibility index (Phi) is 4.59. The number of amides is 4. The fourth-order valence-corrected chi connectivity index (χ4v) is 3.85. The van der Waals surface area contributed by atoms with Crippen molar-refractivity contribution in [2.75, 3.05) is 0 Å². The monoisotopic (exact) mass is 432 g/mol. The maximum atomic E-state index is 13.0. The Bertz CT molecular complexity index is 1300. The minimum Gasteiger partial charge on any atom is -0.390 e. The lowest BCUT2D eigenvalue weighted by Crippen LogP contribution is -2.54. The normalized spacial score (nSPS) is 18.2. The van der Waals surface area contributed by atoms with E-state index in [2.05, 4.69) is 20.6 Å². The van der Waals surface area contributed by atoms with Crippen LogP contribution in [-0.4, -0.2) is 59.7 Å². The van der Waals surface area contributed by atoms with Gasteiger partial charge < -0.3 is 5.11 Å². The lowest BCUT2D eigenvalue weighted by Gasteiger charge is -2.27. The zero-order chi connectivity index (χ0) is 22.4. The van der Waals surface area contributed by atoms with Crippen molar-refractivity contribution in [2.45, 2.75) is 25.5 Å². The van der Waals surface area contributed by atoms with Crippen LogP contribution >= 0.6 is 0 Å². The number of pyridine rings is 1. The Hall–Kier alpha value is -4.25. The molecule has 0 bridgehead atoms. The van der Waals surface area contributed by atoms with Gasteiger partial charge in [-0.2, -0.15) is 0 Å². The van der Waals surface area contributed by atoms with Gasteiger partial charge in [0.05, 0.1) is 35.3 Å². The molecule has 2 aliphatic rings. The van der Waals surface area contributed by atoms with Gasteiger partial charge in [-0.1, -0.05) is 11.3 Å². The van der Waals surface area contributed by atoms with E-state index in [1.807, 2.05) is 0 Å². The Morgan fingerprint density at radius 1 is 1.06 bits per heavy atom. The van der Waals surface area contributed by atoms with Gasteiger partial charge in [-0.15, -0.1) is 5.10 Å². The van der Waals surface area contributed by atoms with E-state index in [1.165, 1.54) is 10.7 Å². The molecule has 0 radical (unpaired) electrons. The van der Waals surface area contributed by atoms with Crippen LogP contribution in [0.3, 0.4) is 0 Å². The number of aliphatic hydroxyl groups is 1. The van der Waals surface area contributed by atoms with Crippen molar-refractivity contribution in [1.29, 1.82) is 0 Å². The number of nitrogens with zero attached hydrogens (tertiary/aromatic N) is 5. The molecule has 1 saturated heterocycles. The zero-order valence-electron chi connectivity index (χ0n) is 16.6. The molecule has 0 saturated carbocycles. The lowest BCUT2D eigenvalue weighted by atomic mass is 10.0. The predicted molar refractivity (Wildman–Crippen MR) is 107 cm³/mol.